The number of ether oxygens (including phenoxy) is 5. The number of amides is 1. The number of nitrogens with zero attached hydrogens (tertiary/aromatic N) is 4. The number of aromatic nitrogens is 2. The molecular weight excluding hydrogens is 753 g/mol. The number of carbonyl (C=O) groups excluding carboxylic acids is 1. The quantitative estimate of drug-likeness (QED) is 0.128. The zero-order valence-corrected chi connectivity index (χ0v) is 34.9. The lowest BCUT2D eigenvalue weighted by Gasteiger charge is -2.39. The van der Waals surface area contributed by atoms with E-state index < -0.39 is 0 Å². The Labute approximate surface area is 352 Å². The van der Waals surface area contributed by atoms with E-state index in [9.17, 15) is 4.79 Å². The van der Waals surface area contributed by atoms with Gasteiger partial charge < -0.3 is 33.5 Å². The van der Waals surface area contributed by atoms with Crippen molar-refractivity contribution in [1.82, 2.24) is 19.6 Å². The van der Waals surface area contributed by atoms with Crippen molar-refractivity contribution in [1.29, 1.82) is 0 Å². The number of likely N-dealkylation sites (tertiary alicyclic amines) is 2. The van der Waals surface area contributed by atoms with Gasteiger partial charge >= 0.3 is 6.09 Å². The Balaban J connectivity index is 1.00. The number of hydrogen-bond donors (Lipinski definition) is 0. The zero-order valence-electron chi connectivity index (χ0n) is 34.9. The molecule has 3 aliphatic rings. The van der Waals surface area contributed by atoms with Crippen LogP contribution in [0.3, 0.4) is 0 Å². The van der Waals surface area contributed by atoms with Crippen molar-refractivity contribution in [2.24, 2.45) is 0 Å². The van der Waals surface area contributed by atoms with Crippen molar-refractivity contribution in [3.8, 4) is 62.4 Å². The van der Waals surface area contributed by atoms with Crippen LogP contribution in [0.5, 0.6) is 28.7 Å². The Morgan fingerprint density at radius 2 is 1.15 bits per heavy atom. The number of carbonyl (C=O) groups is 1. The van der Waals surface area contributed by atoms with E-state index in [2.05, 4.69) is 70.2 Å². The molecule has 2 aliphatic heterocycles. The van der Waals surface area contributed by atoms with Crippen molar-refractivity contribution in [2.75, 3.05) is 54.6 Å². The van der Waals surface area contributed by atoms with Gasteiger partial charge in [0.2, 0.25) is 0 Å². The van der Waals surface area contributed by atoms with Crippen molar-refractivity contribution < 1.29 is 28.5 Å². The van der Waals surface area contributed by atoms with Gasteiger partial charge in [-0.25, -0.2) is 4.79 Å². The number of benzene rings is 5. The van der Waals surface area contributed by atoms with Crippen LogP contribution in [0, 0.1) is 0 Å². The molecule has 1 amide bonds. The van der Waals surface area contributed by atoms with Gasteiger partial charge in [0.15, 0.2) is 11.5 Å². The van der Waals surface area contributed by atoms with E-state index in [1.807, 2.05) is 53.4 Å². The molecule has 1 aliphatic carbocycles. The fraction of sp³-hybridized carbons (Fsp3) is 0.320. The maximum atomic E-state index is 13.1. The SMILES string of the molecule is COc1ccc(C(c2ccc(OC)cc2)n2nc(-c3ccc(-c4ccc(OC(=O)N5CCC(N6CCCCC6)CC5)cc4)cc3)c3c2-c2cc(OC)c(OC)cc2C3)cc1. The summed E-state index contributed by atoms with van der Waals surface area (Å²) in [6, 6.07) is 37.2. The second-order valence-electron chi connectivity index (χ2n) is 15.9. The van der Waals surface area contributed by atoms with Gasteiger partial charge in [-0.2, -0.15) is 5.10 Å². The molecule has 0 saturated carbocycles. The molecule has 0 unspecified atom stereocenters. The first-order chi connectivity index (χ1) is 29.4. The van der Waals surface area contributed by atoms with Crippen LogP contribution in [0.2, 0.25) is 0 Å². The van der Waals surface area contributed by atoms with Crippen molar-refractivity contribution in [3.63, 3.8) is 0 Å². The summed E-state index contributed by atoms with van der Waals surface area (Å²) < 4.78 is 30.6. The van der Waals surface area contributed by atoms with Crippen molar-refractivity contribution in [3.05, 3.63) is 131 Å². The Morgan fingerprint density at radius 1 is 0.617 bits per heavy atom. The Morgan fingerprint density at radius 3 is 1.72 bits per heavy atom. The Hall–Kier alpha value is -6.26. The molecule has 0 atom stereocenters. The highest BCUT2D eigenvalue weighted by Crippen LogP contribution is 2.48. The predicted octanol–water partition coefficient (Wildman–Crippen LogP) is 9.91. The summed E-state index contributed by atoms with van der Waals surface area (Å²) in [7, 11) is 6.70. The number of piperidine rings is 2. The topological polar surface area (TPSA) is 87.5 Å². The van der Waals surface area contributed by atoms with Crippen molar-refractivity contribution >= 4 is 6.09 Å². The first kappa shape index (κ1) is 39.2. The average Bonchev–Trinajstić information content (AvgIpc) is 3.86. The molecule has 308 valence electrons. The zero-order chi connectivity index (χ0) is 41.2. The van der Waals surface area contributed by atoms with E-state index in [1.54, 1.807) is 28.4 Å². The summed E-state index contributed by atoms with van der Waals surface area (Å²) in [5.74, 6) is 3.49. The maximum Gasteiger partial charge on any atom is 0.415 e. The van der Waals surface area contributed by atoms with E-state index in [4.69, 9.17) is 28.8 Å². The molecule has 6 aromatic rings. The van der Waals surface area contributed by atoms with E-state index in [1.165, 1.54) is 32.4 Å². The summed E-state index contributed by atoms with van der Waals surface area (Å²) in [6.07, 6.45) is 6.35. The number of hydrogen-bond acceptors (Lipinski definition) is 8. The molecule has 9 rings (SSSR count). The molecule has 0 bridgehead atoms. The average molecular weight is 805 g/mol. The maximum absolute atomic E-state index is 13.1. The van der Waals surface area contributed by atoms with Crippen LogP contribution in [0.1, 0.15) is 60.4 Å². The summed E-state index contributed by atoms with van der Waals surface area (Å²) in [5.41, 5.74) is 10.5. The van der Waals surface area contributed by atoms with Crippen LogP contribution in [-0.2, 0) is 6.42 Å². The van der Waals surface area contributed by atoms with Crippen molar-refractivity contribution in [2.45, 2.75) is 50.6 Å². The molecule has 10 nitrogen and oxygen atoms in total. The van der Waals surface area contributed by atoms with Gasteiger partial charge in [0.25, 0.3) is 0 Å². The minimum Gasteiger partial charge on any atom is -0.497 e. The molecular formula is C50H52N4O6. The van der Waals surface area contributed by atoms with E-state index in [-0.39, 0.29) is 12.1 Å². The fourth-order valence-electron chi connectivity index (χ4n) is 9.26. The molecule has 2 saturated heterocycles. The fourth-order valence-corrected chi connectivity index (χ4v) is 9.26. The van der Waals surface area contributed by atoms with Gasteiger partial charge in [-0.05, 0) is 115 Å². The highest BCUT2D eigenvalue weighted by molar-refractivity contribution is 5.84. The molecule has 60 heavy (non-hydrogen) atoms. The lowest BCUT2D eigenvalue weighted by atomic mass is 9.97. The van der Waals surface area contributed by atoms with E-state index >= 15 is 0 Å². The Kier molecular flexibility index (Phi) is 11.2. The second kappa shape index (κ2) is 17.1. The highest BCUT2D eigenvalue weighted by Gasteiger charge is 2.34. The van der Waals surface area contributed by atoms with E-state index in [0.717, 1.165) is 93.3 Å². The lowest BCUT2D eigenvalue weighted by Crippen LogP contribution is -2.48. The summed E-state index contributed by atoms with van der Waals surface area (Å²) >= 11 is 0. The predicted molar refractivity (Wildman–Crippen MR) is 234 cm³/mol. The number of rotatable bonds is 11. The van der Waals surface area contributed by atoms with Crippen LogP contribution >= 0.6 is 0 Å². The third-order valence-electron chi connectivity index (χ3n) is 12.5. The minimum absolute atomic E-state index is 0.262. The second-order valence-corrected chi connectivity index (χ2v) is 15.9. The number of methoxy groups -OCH3 is 4. The van der Waals surface area contributed by atoms with Crippen LogP contribution in [0.15, 0.2) is 109 Å². The normalized spacial score (nSPS) is 15.4. The van der Waals surface area contributed by atoms with Crippen LogP contribution in [-0.4, -0.2) is 86.3 Å². The molecule has 2 fully saturated rings. The highest BCUT2D eigenvalue weighted by atomic mass is 16.6. The first-order valence-electron chi connectivity index (χ1n) is 21.0. The third-order valence-corrected chi connectivity index (χ3v) is 12.5. The molecule has 0 N–H and O–H groups in total. The molecule has 1 aromatic heterocycles. The molecule has 5 aromatic carbocycles. The first-order valence-corrected chi connectivity index (χ1v) is 21.0. The Bertz CT molecular complexity index is 2380. The summed E-state index contributed by atoms with van der Waals surface area (Å²) in [4.78, 5) is 17.6. The minimum atomic E-state index is -0.267. The van der Waals surface area contributed by atoms with Gasteiger partial charge in [-0.15, -0.1) is 0 Å². The number of fused-ring (bicyclic) bond motifs is 3. The van der Waals surface area contributed by atoms with Crippen LogP contribution < -0.4 is 23.7 Å². The van der Waals surface area contributed by atoms with Crippen LogP contribution in [0.4, 0.5) is 4.79 Å². The summed E-state index contributed by atoms with van der Waals surface area (Å²) in [5, 5.41) is 5.47. The molecule has 10 heteroatoms. The standard InChI is InChI=1S/C50H52N4O6/c1-56-40-18-14-36(15-19-40)48(37-16-20-41(57-2)21-17-37)54-49-43-32-46(59-4)45(58-3)31-38(43)30-44(49)47(51-54)35-10-8-33(9-11-35)34-12-22-42(23-13-34)60-50(55)53-28-24-39(25-29-53)52-26-6-5-7-27-52/h8-23,31-32,39,48H,5-7,24-30H2,1-4H3. The third kappa shape index (κ3) is 7.68. The molecule has 0 radical (unpaired) electrons. The lowest BCUT2D eigenvalue weighted by molar-refractivity contribution is 0.0878. The smallest absolute Gasteiger partial charge is 0.415 e. The largest absolute Gasteiger partial charge is 0.497 e. The van der Waals surface area contributed by atoms with Crippen LogP contribution in [0.25, 0.3) is 33.6 Å². The van der Waals surface area contributed by atoms with Gasteiger partial charge in [0, 0.05) is 42.2 Å². The molecule has 3 heterocycles. The monoisotopic (exact) mass is 804 g/mol. The summed E-state index contributed by atoms with van der Waals surface area (Å²) in [6.45, 7) is 3.86. The van der Waals surface area contributed by atoms with E-state index in [0.29, 0.717) is 29.7 Å². The van der Waals surface area contributed by atoms with Gasteiger partial charge in [0.05, 0.1) is 39.8 Å². The van der Waals surface area contributed by atoms with Gasteiger partial charge in [-0.1, -0.05) is 67.1 Å². The van der Waals surface area contributed by atoms with Gasteiger partial charge in [-0.3, -0.25) is 4.68 Å². The molecule has 0 spiro atoms. The van der Waals surface area contributed by atoms with Gasteiger partial charge in [0.1, 0.15) is 23.3 Å².